The summed E-state index contributed by atoms with van der Waals surface area (Å²) in [5, 5.41) is 1.39. The van der Waals surface area contributed by atoms with Crippen molar-refractivity contribution in [2.24, 2.45) is 0 Å². The lowest BCUT2D eigenvalue weighted by molar-refractivity contribution is 0.554. The zero-order chi connectivity index (χ0) is 10.1. The molecule has 0 unspecified atom stereocenters. The quantitative estimate of drug-likeness (QED) is 0.555. The summed E-state index contributed by atoms with van der Waals surface area (Å²) in [6.07, 6.45) is 0. The molecule has 2 nitrogen and oxygen atoms in total. The Morgan fingerprint density at radius 1 is 1.29 bits per heavy atom. The van der Waals surface area contributed by atoms with Gasteiger partial charge >= 0.3 is 5.63 Å². The Bertz CT molecular complexity index is 531. The maximum Gasteiger partial charge on any atom is 0.340 e. The summed E-state index contributed by atoms with van der Waals surface area (Å²) in [7, 11) is 0. The van der Waals surface area contributed by atoms with Gasteiger partial charge in [-0.3, -0.25) is 0 Å². The van der Waals surface area contributed by atoms with E-state index >= 15 is 0 Å². The van der Waals surface area contributed by atoms with E-state index in [1.807, 2.05) is 0 Å². The largest absolute Gasteiger partial charge is 0.422 e. The lowest BCUT2D eigenvalue weighted by Crippen LogP contribution is -2.04. The molecular formula is C10H6Cl2O2. The molecule has 1 aromatic heterocycles. The Morgan fingerprint density at radius 2 is 2.07 bits per heavy atom. The summed E-state index contributed by atoms with van der Waals surface area (Å²) in [5.74, 6) is 0.144. The second-order valence-electron chi connectivity index (χ2n) is 2.87. The molecule has 0 saturated heterocycles. The number of fused-ring (bicyclic) bond motifs is 1. The second-order valence-corrected chi connectivity index (χ2v) is 3.58. The van der Waals surface area contributed by atoms with Crippen LogP contribution in [-0.4, -0.2) is 0 Å². The van der Waals surface area contributed by atoms with Crippen molar-refractivity contribution in [3.05, 3.63) is 45.3 Å². The average Bonchev–Trinajstić information content (AvgIpc) is 2.17. The molecule has 0 radical (unpaired) electrons. The van der Waals surface area contributed by atoms with Gasteiger partial charge in [0.15, 0.2) is 0 Å². The summed E-state index contributed by atoms with van der Waals surface area (Å²) >= 11 is 11.4. The van der Waals surface area contributed by atoms with Crippen LogP contribution >= 0.6 is 23.2 Å². The molecule has 0 N–H and O–H groups in total. The third-order valence-electron chi connectivity index (χ3n) is 1.91. The van der Waals surface area contributed by atoms with Crippen molar-refractivity contribution in [1.29, 1.82) is 0 Å². The molecular weight excluding hydrogens is 223 g/mol. The SMILES string of the molecule is O=c1oc2ccc(Cl)cc2cc1CCl. The van der Waals surface area contributed by atoms with Crippen LogP contribution in [0.2, 0.25) is 5.02 Å². The van der Waals surface area contributed by atoms with Gasteiger partial charge in [0, 0.05) is 10.4 Å². The molecule has 0 fully saturated rings. The van der Waals surface area contributed by atoms with Gasteiger partial charge in [-0.25, -0.2) is 4.79 Å². The van der Waals surface area contributed by atoms with Crippen LogP contribution in [0.5, 0.6) is 0 Å². The van der Waals surface area contributed by atoms with E-state index in [2.05, 4.69) is 0 Å². The summed E-state index contributed by atoms with van der Waals surface area (Å²) in [6, 6.07) is 6.76. The van der Waals surface area contributed by atoms with Gasteiger partial charge in [0.05, 0.1) is 11.4 Å². The number of benzene rings is 1. The maximum atomic E-state index is 11.3. The fourth-order valence-electron chi connectivity index (χ4n) is 1.23. The zero-order valence-electron chi connectivity index (χ0n) is 7.09. The van der Waals surface area contributed by atoms with E-state index in [-0.39, 0.29) is 5.88 Å². The molecule has 0 aliphatic heterocycles. The van der Waals surface area contributed by atoms with E-state index in [0.717, 1.165) is 5.39 Å². The Kier molecular flexibility index (Phi) is 2.48. The van der Waals surface area contributed by atoms with Crippen molar-refractivity contribution >= 4 is 34.2 Å². The number of hydrogen-bond acceptors (Lipinski definition) is 2. The first-order valence-corrected chi connectivity index (χ1v) is 4.90. The van der Waals surface area contributed by atoms with E-state index in [1.165, 1.54) is 0 Å². The first-order chi connectivity index (χ1) is 6.70. The lowest BCUT2D eigenvalue weighted by Gasteiger charge is -1.98. The molecule has 2 aromatic rings. The highest BCUT2D eigenvalue weighted by atomic mass is 35.5. The minimum absolute atomic E-state index is 0.144. The van der Waals surface area contributed by atoms with Gasteiger partial charge in [0.2, 0.25) is 0 Å². The monoisotopic (exact) mass is 228 g/mol. The average molecular weight is 229 g/mol. The molecule has 1 heterocycles. The van der Waals surface area contributed by atoms with Gasteiger partial charge in [-0.2, -0.15) is 0 Å². The molecule has 0 aliphatic rings. The number of halogens is 2. The van der Waals surface area contributed by atoms with Crippen molar-refractivity contribution in [3.8, 4) is 0 Å². The predicted octanol–water partition coefficient (Wildman–Crippen LogP) is 3.19. The van der Waals surface area contributed by atoms with Crippen LogP contribution in [0, 0.1) is 0 Å². The van der Waals surface area contributed by atoms with Crippen molar-refractivity contribution in [3.63, 3.8) is 0 Å². The zero-order valence-corrected chi connectivity index (χ0v) is 8.60. The minimum Gasteiger partial charge on any atom is -0.422 e. The van der Waals surface area contributed by atoms with E-state index in [1.54, 1.807) is 24.3 Å². The van der Waals surface area contributed by atoms with Crippen LogP contribution in [0.1, 0.15) is 5.56 Å². The molecule has 1 aromatic carbocycles. The standard InChI is InChI=1S/C10H6Cl2O2/c11-5-7-3-6-4-8(12)1-2-9(6)14-10(7)13/h1-4H,5H2. The van der Waals surface area contributed by atoms with E-state index in [0.29, 0.717) is 16.2 Å². The smallest absolute Gasteiger partial charge is 0.340 e. The highest BCUT2D eigenvalue weighted by Gasteiger charge is 2.03. The molecule has 0 amide bonds. The third-order valence-corrected chi connectivity index (χ3v) is 2.43. The topological polar surface area (TPSA) is 30.2 Å². The Labute approximate surface area is 90.1 Å². The first-order valence-electron chi connectivity index (χ1n) is 3.99. The lowest BCUT2D eigenvalue weighted by atomic mass is 10.2. The molecule has 14 heavy (non-hydrogen) atoms. The molecule has 0 atom stereocenters. The molecule has 2 rings (SSSR count). The normalized spacial score (nSPS) is 10.7. The molecule has 0 saturated carbocycles. The van der Waals surface area contributed by atoms with E-state index < -0.39 is 5.63 Å². The minimum atomic E-state index is -0.394. The van der Waals surface area contributed by atoms with Crippen molar-refractivity contribution < 1.29 is 4.42 Å². The van der Waals surface area contributed by atoms with Crippen LogP contribution in [-0.2, 0) is 5.88 Å². The van der Waals surface area contributed by atoms with Gasteiger partial charge in [-0.15, -0.1) is 11.6 Å². The predicted molar refractivity (Wildman–Crippen MR) is 57.1 cm³/mol. The number of hydrogen-bond donors (Lipinski definition) is 0. The van der Waals surface area contributed by atoms with Gasteiger partial charge in [-0.05, 0) is 24.3 Å². The maximum absolute atomic E-state index is 11.3. The van der Waals surface area contributed by atoms with Crippen molar-refractivity contribution in [1.82, 2.24) is 0 Å². The second kappa shape index (κ2) is 3.64. The molecule has 4 heteroatoms. The summed E-state index contributed by atoms with van der Waals surface area (Å²) in [5.41, 5.74) is 0.574. The Balaban J connectivity index is 2.80. The van der Waals surface area contributed by atoms with Crippen LogP contribution in [0.3, 0.4) is 0 Å². The third kappa shape index (κ3) is 1.63. The Morgan fingerprint density at radius 3 is 2.79 bits per heavy atom. The number of alkyl halides is 1. The first kappa shape index (κ1) is 9.56. The summed E-state index contributed by atoms with van der Waals surface area (Å²) < 4.78 is 5.04. The Hall–Kier alpha value is -0.990. The van der Waals surface area contributed by atoms with E-state index in [4.69, 9.17) is 27.6 Å². The van der Waals surface area contributed by atoms with Crippen molar-refractivity contribution in [2.45, 2.75) is 5.88 Å². The highest BCUT2D eigenvalue weighted by Crippen LogP contribution is 2.19. The highest BCUT2D eigenvalue weighted by molar-refractivity contribution is 6.31. The molecule has 0 spiro atoms. The van der Waals surface area contributed by atoms with Crippen LogP contribution in [0.4, 0.5) is 0 Å². The summed E-state index contributed by atoms with van der Waals surface area (Å²) in [6.45, 7) is 0. The molecule has 0 aliphatic carbocycles. The van der Waals surface area contributed by atoms with Crippen LogP contribution < -0.4 is 5.63 Å². The van der Waals surface area contributed by atoms with Gasteiger partial charge < -0.3 is 4.42 Å². The fourth-order valence-corrected chi connectivity index (χ4v) is 1.60. The summed E-state index contributed by atoms with van der Waals surface area (Å²) in [4.78, 5) is 11.3. The van der Waals surface area contributed by atoms with Crippen LogP contribution in [0.25, 0.3) is 11.0 Å². The van der Waals surface area contributed by atoms with Crippen LogP contribution in [0.15, 0.2) is 33.5 Å². The van der Waals surface area contributed by atoms with Gasteiger partial charge in [-0.1, -0.05) is 11.6 Å². The fraction of sp³-hybridized carbons (Fsp3) is 0.100. The van der Waals surface area contributed by atoms with Gasteiger partial charge in [0.1, 0.15) is 5.58 Å². The van der Waals surface area contributed by atoms with Crippen molar-refractivity contribution in [2.75, 3.05) is 0 Å². The molecule has 0 bridgehead atoms. The molecule has 72 valence electrons. The van der Waals surface area contributed by atoms with E-state index in [9.17, 15) is 4.79 Å². The van der Waals surface area contributed by atoms with Gasteiger partial charge in [0.25, 0.3) is 0 Å². The number of rotatable bonds is 1.